The van der Waals surface area contributed by atoms with Crippen LogP contribution in [-0.4, -0.2) is 53.5 Å². The minimum absolute atomic E-state index is 0.169. The normalized spacial score (nSPS) is 16.8. The highest BCUT2D eigenvalue weighted by atomic mass is 28.4. The molecule has 0 amide bonds. The number of rotatable bonds is 7. The first-order chi connectivity index (χ1) is 6.92. The van der Waals surface area contributed by atoms with Crippen molar-refractivity contribution in [1.82, 2.24) is 4.90 Å². The molecular formula is C8H23N3O3Si. The van der Waals surface area contributed by atoms with Crippen LogP contribution in [0.5, 0.6) is 0 Å². The van der Waals surface area contributed by atoms with E-state index in [1.54, 1.807) is 21.3 Å². The molecule has 7 heteroatoms. The fourth-order valence-corrected chi connectivity index (χ4v) is 3.24. The Morgan fingerprint density at radius 1 is 1.00 bits per heavy atom. The van der Waals surface area contributed by atoms with E-state index in [9.17, 15) is 0 Å². The van der Waals surface area contributed by atoms with Crippen LogP contribution in [0.3, 0.4) is 0 Å². The van der Waals surface area contributed by atoms with E-state index in [1.807, 2.05) is 18.7 Å². The van der Waals surface area contributed by atoms with E-state index in [1.165, 1.54) is 0 Å². The lowest BCUT2D eigenvalue weighted by Gasteiger charge is -2.35. The Morgan fingerprint density at radius 2 is 1.33 bits per heavy atom. The van der Waals surface area contributed by atoms with Crippen LogP contribution in [0.25, 0.3) is 0 Å². The lowest BCUT2D eigenvalue weighted by Crippen LogP contribution is -2.60. The fourth-order valence-electron chi connectivity index (χ4n) is 1.33. The van der Waals surface area contributed by atoms with Crippen LogP contribution in [0.1, 0.15) is 13.8 Å². The second kappa shape index (κ2) is 6.54. The Kier molecular flexibility index (Phi) is 6.53. The summed E-state index contributed by atoms with van der Waals surface area (Å²) in [4.78, 5) is 1.88. The highest BCUT2D eigenvalue weighted by Crippen LogP contribution is 2.10. The van der Waals surface area contributed by atoms with Gasteiger partial charge < -0.3 is 24.7 Å². The Balaban J connectivity index is 4.61. The molecule has 0 aromatic carbocycles. The molecule has 0 aliphatic rings. The monoisotopic (exact) mass is 237 g/mol. The van der Waals surface area contributed by atoms with E-state index < -0.39 is 8.80 Å². The van der Waals surface area contributed by atoms with Crippen molar-refractivity contribution in [3.8, 4) is 0 Å². The van der Waals surface area contributed by atoms with Crippen molar-refractivity contribution in [2.45, 2.75) is 26.2 Å². The predicted octanol–water partition coefficient (Wildman–Crippen LogP) is -0.685. The summed E-state index contributed by atoms with van der Waals surface area (Å²) in [6, 6.07) is 0. The van der Waals surface area contributed by atoms with Gasteiger partial charge in [-0.3, -0.25) is 4.90 Å². The summed E-state index contributed by atoms with van der Waals surface area (Å²) in [5, 5.41) is 0. The van der Waals surface area contributed by atoms with Gasteiger partial charge in [0.15, 0.2) is 0 Å². The molecule has 15 heavy (non-hydrogen) atoms. The van der Waals surface area contributed by atoms with Gasteiger partial charge in [-0.2, -0.15) is 0 Å². The Labute approximate surface area is 92.8 Å². The van der Waals surface area contributed by atoms with Gasteiger partial charge in [0.1, 0.15) is 0 Å². The Hall–Kier alpha value is -0.0231. The molecule has 4 N–H and O–H groups in total. The minimum Gasteiger partial charge on any atom is -0.376 e. The van der Waals surface area contributed by atoms with E-state index >= 15 is 0 Å². The zero-order valence-electron chi connectivity index (χ0n) is 10.2. The summed E-state index contributed by atoms with van der Waals surface area (Å²) in [6.07, 6.45) is 0.140. The predicted molar refractivity (Wildman–Crippen MR) is 60.8 cm³/mol. The molecule has 0 aliphatic heterocycles. The van der Waals surface area contributed by atoms with Crippen LogP contribution in [-0.2, 0) is 13.3 Å². The van der Waals surface area contributed by atoms with Gasteiger partial charge >= 0.3 is 8.80 Å². The third kappa shape index (κ3) is 4.15. The van der Waals surface area contributed by atoms with Gasteiger partial charge in [0.05, 0.1) is 18.5 Å². The number of nitrogens with zero attached hydrogens (tertiary/aromatic N) is 1. The van der Waals surface area contributed by atoms with Crippen molar-refractivity contribution in [1.29, 1.82) is 0 Å². The van der Waals surface area contributed by atoms with E-state index in [4.69, 9.17) is 24.7 Å². The van der Waals surface area contributed by atoms with Crippen molar-refractivity contribution in [3.63, 3.8) is 0 Å². The highest BCUT2D eigenvalue weighted by Gasteiger charge is 2.41. The van der Waals surface area contributed by atoms with Gasteiger partial charge in [0, 0.05) is 21.3 Å². The molecular weight excluding hydrogens is 214 g/mol. The van der Waals surface area contributed by atoms with Gasteiger partial charge in [0.2, 0.25) is 0 Å². The van der Waals surface area contributed by atoms with Gasteiger partial charge in [-0.1, -0.05) is 0 Å². The van der Waals surface area contributed by atoms with Crippen molar-refractivity contribution >= 4 is 8.80 Å². The highest BCUT2D eigenvalue weighted by molar-refractivity contribution is 6.60. The van der Waals surface area contributed by atoms with E-state index in [2.05, 4.69) is 0 Å². The summed E-state index contributed by atoms with van der Waals surface area (Å²) >= 11 is 0. The molecule has 0 radical (unpaired) electrons. The number of hydrogen-bond acceptors (Lipinski definition) is 6. The molecule has 6 nitrogen and oxygen atoms in total. The Bertz CT molecular complexity index is 160. The summed E-state index contributed by atoms with van der Waals surface area (Å²) in [5.41, 5.74) is 11.6. The van der Waals surface area contributed by atoms with E-state index in [-0.39, 0.29) is 12.3 Å². The third-order valence-electron chi connectivity index (χ3n) is 2.36. The van der Waals surface area contributed by atoms with Gasteiger partial charge in [-0.25, -0.2) is 0 Å². The van der Waals surface area contributed by atoms with E-state index in [0.717, 1.165) is 0 Å². The molecule has 0 aromatic rings. The average molecular weight is 237 g/mol. The standard InChI is InChI=1S/C8H23N3O3Si/c1-7(9)11(8(2)10)6-15(12-3,13-4)14-5/h7-8H,6,9-10H2,1-5H3. The molecule has 0 heterocycles. The molecule has 0 aromatic heterocycles. The van der Waals surface area contributed by atoms with Crippen molar-refractivity contribution < 1.29 is 13.3 Å². The SMILES string of the molecule is CO[Si](CN(C(C)N)C(C)N)(OC)OC. The zero-order valence-corrected chi connectivity index (χ0v) is 11.2. The summed E-state index contributed by atoms with van der Waals surface area (Å²) in [7, 11) is 2.07. The fraction of sp³-hybridized carbons (Fsp3) is 1.00. The maximum Gasteiger partial charge on any atom is 0.515 e. The maximum absolute atomic E-state index is 5.81. The molecule has 0 saturated heterocycles. The summed E-state index contributed by atoms with van der Waals surface area (Å²) < 4.78 is 15.9. The van der Waals surface area contributed by atoms with Crippen molar-refractivity contribution in [3.05, 3.63) is 0 Å². The quantitative estimate of drug-likeness (QED) is 0.451. The van der Waals surface area contributed by atoms with Gasteiger partial charge in [-0.15, -0.1) is 0 Å². The molecule has 2 atom stereocenters. The van der Waals surface area contributed by atoms with Crippen molar-refractivity contribution in [2.75, 3.05) is 27.5 Å². The third-order valence-corrected chi connectivity index (χ3v) is 4.97. The molecule has 92 valence electrons. The van der Waals surface area contributed by atoms with Crippen LogP contribution < -0.4 is 11.5 Å². The van der Waals surface area contributed by atoms with Crippen LogP contribution >= 0.6 is 0 Å². The van der Waals surface area contributed by atoms with Crippen LogP contribution in [0.15, 0.2) is 0 Å². The number of nitrogens with two attached hydrogens (primary N) is 2. The van der Waals surface area contributed by atoms with Crippen LogP contribution in [0, 0.1) is 0 Å². The zero-order chi connectivity index (χ0) is 12.1. The molecule has 0 bridgehead atoms. The average Bonchev–Trinajstić information content (AvgIpc) is 2.20. The van der Waals surface area contributed by atoms with Crippen molar-refractivity contribution in [2.24, 2.45) is 11.5 Å². The lowest BCUT2D eigenvalue weighted by molar-refractivity contribution is 0.0817. The molecule has 0 fully saturated rings. The minimum atomic E-state index is -2.64. The van der Waals surface area contributed by atoms with Gasteiger partial charge in [0.25, 0.3) is 0 Å². The molecule has 0 saturated carbocycles. The lowest BCUT2D eigenvalue weighted by atomic mass is 10.4. The topological polar surface area (TPSA) is 83.0 Å². The second-order valence-corrected chi connectivity index (χ2v) is 6.36. The Morgan fingerprint density at radius 3 is 1.53 bits per heavy atom. The molecule has 2 unspecified atom stereocenters. The summed E-state index contributed by atoms with van der Waals surface area (Å²) in [5.74, 6) is 0. The molecule has 0 aliphatic carbocycles. The first-order valence-corrected chi connectivity index (χ1v) is 6.78. The first kappa shape index (κ1) is 15.0. The maximum atomic E-state index is 5.81. The van der Waals surface area contributed by atoms with Gasteiger partial charge in [-0.05, 0) is 13.8 Å². The van der Waals surface area contributed by atoms with E-state index in [0.29, 0.717) is 6.17 Å². The molecule has 0 rings (SSSR count). The molecule has 0 spiro atoms. The largest absolute Gasteiger partial charge is 0.515 e. The number of hydrogen-bond donors (Lipinski definition) is 2. The smallest absolute Gasteiger partial charge is 0.376 e. The second-order valence-electron chi connectivity index (χ2n) is 3.45. The first-order valence-electron chi connectivity index (χ1n) is 4.84. The van der Waals surface area contributed by atoms with Crippen LogP contribution in [0.2, 0.25) is 0 Å². The summed E-state index contributed by atoms with van der Waals surface area (Å²) in [6.45, 7) is 3.73. The van der Waals surface area contributed by atoms with Crippen LogP contribution in [0.4, 0.5) is 0 Å².